The van der Waals surface area contributed by atoms with Crippen molar-refractivity contribution in [2.24, 2.45) is 0 Å². The number of hydrogen-bond donors (Lipinski definition) is 2. The standard InChI is InChI=1S/C9H10Cl2O3/c1-14-7-4-5(2-3-6(7)12)8(13)9(10)11/h2-4,8-9,12-13H,1H3. The van der Waals surface area contributed by atoms with E-state index in [9.17, 15) is 10.2 Å². The first kappa shape index (κ1) is 11.4. The van der Waals surface area contributed by atoms with Crippen LogP contribution in [-0.4, -0.2) is 22.2 Å². The highest BCUT2D eigenvalue weighted by Gasteiger charge is 2.17. The van der Waals surface area contributed by atoms with Gasteiger partial charge in [0.25, 0.3) is 0 Å². The summed E-state index contributed by atoms with van der Waals surface area (Å²) in [7, 11) is 1.42. The lowest BCUT2D eigenvalue weighted by Crippen LogP contribution is -2.05. The van der Waals surface area contributed by atoms with Gasteiger partial charge in [0, 0.05) is 0 Å². The number of hydrogen-bond acceptors (Lipinski definition) is 3. The van der Waals surface area contributed by atoms with Crippen molar-refractivity contribution >= 4 is 23.2 Å². The van der Waals surface area contributed by atoms with Gasteiger partial charge in [-0.2, -0.15) is 0 Å². The minimum atomic E-state index is -0.993. The van der Waals surface area contributed by atoms with E-state index in [0.29, 0.717) is 5.56 Å². The van der Waals surface area contributed by atoms with Crippen LogP contribution >= 0.6 is 23.2 Å². The van der Waals surface area contributed by atoms with Crippen molar-refractivity contribution < 1.29 is 14.9 Å². The molecule has 1 atom stereocenters. The number of phenols is 1. The Balaban J connectivity index is 3.00. The van der Waals surface area contributed by atoms with Gasteiger partial charge in [0.2, 0.25) is 0 Å². The molecule has 14 heavy (non-hydrogen) atoms. The van der Waals surface area contributed by atoms with E-state index in [0.717, 1.165) is 0 Å². The number of ether oxygens (including phenoxy) is 1. The van der Waals surface area contributed by atoms with Crippen molar-refractivity contribution in [1.82, 2.24) is 0 Å². The molecular weight excluding hydrogens is 227 g/mol. The summed E-state index contributed by atoms with van der Waals surface area (Å²) >= 11 is 11.0. The zero-order valence-corrected chi connectivity index (χ0v) is 8.96. The van der Waals surface area contributed by atoms with Crippen molar-refractivity contribution in [3.05, 3.63) is 23.8 Å². The third-order valence-electron chi connectivity index (χ3n) is 1.78. The number of rotatable bonds is 3. The third-order valence-corrected chi connectivity index (χ3v) is 2.26. The van der Waals surface area contributed by atoms with E-state index in [2.05, 4.69) is 0 Å². The van der Waals surface area contributed by atoms with Crippen LogP contribution in [0, 0.1) is 0 Å². The number of alkyl halides is 2. The van der Waals surface area contributed by atoms with Gasteiger partial charge in [0.1, 0.15) is 10.9 Å². The fraction of sp³-hybridized carbons (Fsp3) is 0.333. The molecule has 0 radical (unpaired) electrons. The molecule has 0 aliphatic rings. The molecule has 0 fully saturated rings. The number of benzene rings is 1. The van der Waals surface area contributed by atoms with E-state index in [1.54, 1.807) is 0 Å². The zero-order valence-electron chi connectivity index (χ0n) is 7.45. The minimum Gasteiger partial charge on any atom is -0.504 e. The number of halogens is 2. The molecule has 0 bridgehead atoms. The predicted molar refractivity (Wildman–Crippen MR) is 55.1 cm³/mol. The lowest BCUT2D eigenvalue weighted by molar-refractivity contribution is 0.192. The Bertz CT molecular complexity index is 315. The van der Waals surface area contributed by atoms with Crippen LogP contribution in [0.25, 0.3) is 0 Å². The van der Waals surface area contributed by atoms with E-state index < -0.39 is 10.9 Å². The highest BCUT2D eigenvalue weighted by atomic mass is 35.5. The Morgan fingerprint density at radius 2 is 2.00 bits per heavy atom. The molecule has 0 aliphatic heterocycles. The van der Waals surface area contributed by atoms with E-state index in [4.69, 9.17) is 27.9 Å². The summed E-state index contributed by atoms with van der Waals surface area (Å²) in [6, 6.07) is 4.42. The minimum absolute atomic E-state index is 0.00384. The summed E-state index contributed by atoms with van der Waals surface area (Å²) in [5, 5.41) is 18.8. The number of aliphatic hydroxyl groups excluding tert-OH is 1. The second kappa shape index (κ2) is 4.73. The Labute approximate surface area is 91.8 Å². The second-order valence-corrected chi connectivity index (χ2v) is 3.87. The Morgan fingerprint density at radius 3 is 2.50 bits per heavy atom. The molecule has 0 aromatic heterocycles. The van der Waals surface area contributed by atoms with Gasteiger partial charge < -0.3 is 14.9 Å². The molecule has 0 amide bonds. The highest BCUT2D eigenvalue weighted by molar-refractivity contribution is 6.44. The fourth-order valence-corrected chi connectivity index (χ4v) is 1.31. The SMILES string of the molecule is COc1cc(C(O)C(Cl)Cl)ccc1O. The van der Waals surface area contributed by atoms with E-state index in [1.165, 1.54) is 25.3 Å². The first-order valence-electron chi connectivity index (χ1n) is 3.89. The maximum atomic E-state index is 9.51. The average molecular weight is 237 g/mol. The van der Waals surface area contributed by atoms with E-state index in [-0.39, 0.29) is 11.5 Å². The molecule has 0 aliphatic carbocycles. The molecule has 1 aromatic rings. The first-order valence-corrected chi connectivity index (χ1v) is 4.76. The van der Waals surface area contributed by atoms with Crippen LogP contribution in [0.15, 0.2) is 18.2 Å². The van der Waals surface area contributed by atoms with Gasteiger partial charge in [-0.25, -0.2) is 0 Å². The highest BCUT2D eigenvalue weighted by Crippen LogP contribution is 2.31. The first-order chi connectivity index (χ1) is 6.56. The Hall–Kier alpha value is -0.640. The van der Waals surface area contributed by atoms with Crippen LogP contribution < -0.4 is 4.74 Å². The normalized spacial score (nSPS) is 12.9. The number of methoxy groups -OCH3 is 1. The molecule has 0 spiro atoms. The number of aliphatic hydroxyl groups is 1. The molecular formula is C9H10Cl2O3. The van der Waals surface area contributed by atoms with Gasteiger partial charge in [-0.3, -0.25) is 0 Å². The molecule has 0 saturated heterocycles. The predicted octanol–water partition coefficient (Wildman–Crippen LogP) is 2.24. The third kappa shape index (κ3) is 2.44. The molecule has 1 aromatic carbocycles. The molecule has 5 heteroatoms. The van der Waals surface area contributed by atoms with Crippen molar-refractivity contribution in [3.63, 3.8) is 0 Å². The van der Waals surface area contributed by atoms with Gasteiger partial charge in [0.15, 0.2) is 11.5 Å². The van der Waals surface area contributed by atoms with Crippen LogP contribution in [-0.2, 0) is 0 Å². The zero-order chi connectivity index (χ0) is 10.7. The number of aromatic hydroxyl groups is 1. The van der Waals surface area contributed by atoms with Crippen LogP contribution in [0.3, 0.4) is 0 Å². The quantitative estimate of drug-likeness (QED) is 0.792. The molecule has 0 heterocycles. The second-order valence-electron chi connectivity index (χ2n) is 2.71. The summed E-state index contributed by atoms with van der Waals surface area (Å²) in [6.07, 6.45) is -0.993. The van der Waals surface area contributed by atoms with Gasteiger partial charge in [-0.15, -0.1) is 23.2 Å². The van der Waals surface area contributed by atoms with Crippen LogP contribution in [0.1, 0.15) is 11.7 Å². The van der Waals surface area contributed by atoms with E-state index >= 15 is 0 Å². The number of phenolic OH excluding ortho intramolecular Hbond substituents is 1. The van der Waals surface area contributed by atoms with Crippen LogP contribution in [0.2, 0.25) is 0 Å². The summed E-state index contributed by atoms with van der Waals surface area (Å²) in [4.78, 5) is -0.913. The molecule has 0 saturated carbocycles. The summed E-state index contributed by atoms with van der Waals surface area (Å²) < 4.78 is 4.87. The average Bonchev–Trinajstić information content (AvgIpc) is 2.17. The summed E-state index contributed by atoms with van der Waals surface area (Å²) in [5.74, 6) is 0.277. The smallest absolute Gasteiger partial charge is 0.160 e. The Morgan fingerprint density at radius 1 is 1.36 bits per heavy atom. The molecule has 1 rings (SSSR count). The maximum Gasteiger partial charge on any atom is 0.160 e. The van der Waals surface area contributed by atoms with Crippen molar-refractivity contribution in [2.45, 2.75) is 10.9 Å². The lowest BCUT2D eigenvalue weighted by atomic mass is 10.1. The van der Waals surface area contributed by atoms with Crippen LogP contribution in [0.5, 0.6) is 11.5 Å². The van der Waals surface area contributed by atoms with Crippen molar-refractivity contribution in [2.75, 3.05) is 7.11 Å². The molecule has 2 N–H and O–H groups in total. The topological polar surface area (TPSA) is 49.7 Å². The molecule has 78 valence electrons. The van der Waals surface area contributed by atoms with Crippen LogP contribution in [0.4, 0.5) is 0 Å². The van der Waals surface area contributed by atoms with E-state index in [1.807, 2.05) is 0 Å². The van der Waals surface area contributed by atoms with Crippen molar-refractivity contribution in [1.29, 1.82) is 0 Å². The lowest BCUT2D eigenvalue weighted by Gasteiger charge is -2.13. The Kier molecular flexibility index (Phi) is 3.86. The van der Waals surface area contributed by atoms with Gasteiger partial charge in [-0.1, -0.05) is 6.07 Å². The summed E-state index contributed by atoms with van der Waals surface area (Å²) in [5.41, 5.74) is 0.495. The summed E-state index contributed by atoms with van der Waals surface area (Å²) in [6.45, 7) is 0. The van der Waals surface area contributed by atoms with Gasteiger partial charge >= 0.3 is 0 Å². The maximum absolute atomic E-state index is 9.51. The largest absolute Gasteiger partial charge is 0.504 e. The monoisotopic (exact) mass is 236 g/mol. The van der Waals surface area contributed by atoms with Gasteiger partial charge in [-0.05, 0) is 17.7 Å². The molecule has 1 unspecified atom stereocenters. The van der Waals surface area contributed by atoms with Gasteiger partial charge in [0.05, 0.1) is 7.11 Å². The fourth-order valence-electron chi connectivity index (χ4n) is 1.02. The molecule has 3 nitrogen and oxygen atoms in total. The van der Waals surface area contributed by atoms with Crippen molar-refractivity contribution in [3.8, 4) is 11.5 Å².